The molecule has 1 aliphatic rings. The van der Waals surface area contributed by atoms with Crippen LogP contribution in [0.3, 0.4) is 0 Å². The maximum absolute atomic E-state index is 12.9. The lowest BCUT2D eigenvalue weighted by atomic mass is 10.0. The molecule has 3 heteroatoms. The van der Waals surface area contributed by atoms with Crippen LogP contribution in [0.1, 0.15) is 44.6 Å². The van der Waals surface area contributed by atoms with Crippen LogP contribution in [0.5, 0.6) is 0 Å². The van der Waals surface area contributed by atoms with Crippen LogP contribution in [0.2, 0.25) is 0 Å². The van der Waals surface area contributed by atoms with Crippen molar-refractivity contribution in [3.8, 4) is 0 Å². The molecule has 0 bridgehead atoms. The van der Waals surface area contributed by atoms with Crippen molar-refractivity contribution >= 4 is 5.91 Å². The Kier molecular flexibility index (Phi) is 4.94. The summed E-state index contributed by atoms with van der Waals surface area (Å²) in [6, 6.07) is 6.93. The van der Waals surface area contributed by atoms with E-state index < -0.39 is 0 Å². The molecule has 0 saturated carbocycles. The molecule has 1 heterocycles. The highest BCUT2D eigenvalue weighted by Crippen LogP contribution is 2.22. The lowest BCUT2D eigenvalue weighted by Crippen LogP contribution is -2.36. The molecule has 2 rings (SSSR count). The lowest BCUT2D eigenvalue weighted by molar-refractivity contribution is -0.132. The number of hydrogen-bond acceptors (Lipinski definition) is 1. The van der Waals surface area contributed by atoms with Gasteiger partial charge in [-0.15, -0.1) is 0 Å². The third-order valence-electron chi connectivity index (χ3n) is 3.83. The Hall–Kier alpha value is -1.38. The summed E-state index contributed by atoms with van der Waals surface area (Å²) in [5, 5.41) is 0. The number of likely N-dealkylation sites (tertiary alicyclic amines) is 1. The van der Waals surface area contributed by atoms with Crippen molar-refractivity contribution in [1.82, 2.24) is 4.90 Å². The summed E-state index contributed by atoms with van der Waals surface area (Å²) in [6.07, 6.45) is 5.69. The molecule has 104 valence electrons. The summed E-state index contributed by atoms with van der Waals surface area (Å²) in [6.45, 7) is 2.99. The Morgan fingerprint density at radius 3 is 2.79 bits per heavy atom. The molecule has 1 aliphatic heterocycles. The second-order valence-electron chi connectivity index (χ2n) is 5.32. The second kappa shape index (κ2) is 6.69. The van der Waals surface area contributed by atoms with Crippen molar-refractivity contribution < 1.29 is 9.18 Å². The van der Waals surface area contributed by atoms with E-state index in [1.807, 2.05) is 17.0 Å². The molecule has 1 aromatic rings. The zero-order valence-electron chi connectivity index (χ0n) is 11.6. The molecule has 0 radical (unpaired) electrons. The van der Waals surface area contributed by atoms with E-state index in [1.165, 1.54) is 12.1 Å². The van der Waals surface area contributed by atoms with E-state index in [2.05, 4.69) is 6.92 Å². The Balaban J connectivity index is 1.95. The van der Waals surface area contributed by atoms with Gasteiger partial charge < -0.3 is 4.90 Å². The van der Waals surface area contributed by atoms with E-state index >= 15 is 0 Å². The van der Waals surface area contributed by atoms with Crippen LogP contribution in [0.25, 0.3) is 0 Å². The van der Waals surface area contributed by atoms with E-state index in [0.717, 1.165) is 44.2 Å². The first-order chi connectivity index (χ1) is 9.20. The molecule has 0 spiro atoms. The zero-order chi connectivity index (χ0) is 13.7. The van der Waals surface area contributed by atoms with Gasteiger partial charge in [-0.25, -0.2) is 4.39 Å². The molecule has 1 unspecified atom stereocenters. The van der Waals surface area contributed by atoms with Crippen LogP contribution in [0.15, 0.2) is 24.3 Å². The predicted molar refractivity (Wildman–Crippen MR) is 74.4 cm³/mol. The van der Waals surface area contributed by atoms with Gasteiger partial charge in [-0.1, -0.05) is 25.5 Å². The summed E-state index contributed by atoms with van der Waals surface area (Å²) in [4.78, 5) is 14.2. The van der Waals surface area contributed by atoms with E-state index in [9.17, 15) is 9.18 Å². The normalized spacial score (nSPS) is 18.8. The van der Waals surface area contributed by atoms with Gasteiger partial charge in [0.25, 0.3) is 0 Å². The largest absolute Gasteiger partial charge is 0.339 e. The van der Waals surface area contributed by atoms with Crippen LogP contribution < -0.4 is 0 Å². The minimum absolute atomic E-state index is 0.203. The number of unbranched alkanes of at least 4 members (excludes halogenated alkanes) is 1. The molecule has 2 nitrogen and oxygen atoms in total. The maximum Gasteiger partial charge on any atom is 0.222 e. The molecular weight excluding hydrogens is 241 g/mol. The minimum atomic E-state index is -0.203. The summed E-state index contributed by atoms with van der Waals surface area (Å²) in [5.41, 5.74) is 1.11. The molecule has 1 fully saturated rings. The number of carbonyl (C=O) groups is 1. The van der Waals surface area contributed by atoms with Crippen molar-refractivity contribution in [3.05, 3.63) is 35.6 Å². The zero-order valence-corrected chi connectivity index (χ0v) is 11.6. The number of hydrogen-bond donors (Lipinski definition) is 0. The Labute approximate surface area is 114 Å². The summed E-state index contributed by atoms with van der Waals surface area (Å²) in [5.74, 6) is 0.0810. The standard InChI is InChI=1S/C16H22FNO/c1-2-3-6-16(19)18-11-4-5-15(18)12-13-7-9-14(17)10-8-13/h7-10,15H,2-6,11-12H2,1H3. The van der Waals surface area contributed by atoms with E-state index in [4.69, 9.17) is 0 Å². The molecule has 1 atom stereocenters. The van der Waals surface area contributed by atoms with Crippen molar-refractivity contribution in [3.63, 3.8) is 0 Å². The first-order valence-electron chi connectivity index (χ1n) is 7.24. The fraction of sp³-hybridized carbons (Fsp3) is 0.562. The van der Waals surface area contributed by atoms with Gasteiger partial charge in [0, 0.05) is 19.0 Å². The molecule has 1 saturated heterocycles. The van der Waals surface area contributed by atoms with Crippen LogP contribution in [-0.2, 0) is 11.2 Å². The van der Waals surface area contributed by atoms with Gasteiger partial charge >= 0.3 is 0 Å². The van der Waals surface area contributed by atoms with E-state index in [1.54, 1.807) is 0 Å². The molecule has 0 N–H and O–H groups in total. The highest BCUT2D eigenvalue weighted by molar-refractivity contribution is 5.76. The third-order valence-corrected chi connectivity index (χ3v) is 3.83. The minimum Gasteiger partial charge on any atom is -0.339 e. The average molecular weight is 263 g/mol. The molecule has 19 heavy (non-hydrogen) atoms. The lowest BCUT2D eigenvalue weighted by Gasteiger charge is -2.25. The van der Waals surface area contributed by atoms with E-state index in [-0.39, 0.29) is 11.7 Å². The van der Waals surface area contributed by atoms with Gasteiger partial charge in [0.15, 0.2) is 0 Å². The summed E-state index contributed by atoms with van der Waals surface area (Å²) in [7, 11) is 0. The number of carbonyl (C=O) groups excluding carboxylic acids is 1. The highest BCUT2D eigenvalue weighted by atomic mass is 19.1. The van der Waals surface area contributed by atoms with Crippen LogP contribution in [0, 0.1) is 5.82 Å². The smallest absolute Gasteiger partial charge is 0.222 e. The van der Waals surface area contributed by atoms with Crippen LogP contribution in [-0.4, -0.2) is 23.4 Å². The predicted octanol–water partition coefficient (Wildman–Crippen LogP) is 3.55. The van der Waals surface area contributed by atoms with Crippen molar-refractivity contribution in [1.29, 1.82) is 0 Å². The number of rotatable bonds is 5. The van der Waals surface area contributed by atoms with Crippen molar-refractivity contribution in [2.45, 2.75) is 51.5 Å². The van der Waals surface area contributed by atoms with Gasteiger partial charge in [0.1, 0.15) is 5.82 Å². The first-order valence-corrected chi connectivity index (χ1v) is 7.24. The molecule has 0 aromatic heterocycles. The Bertz CT molecular complexity index is 415. The fourth-order valence-electron chi connectivity index (χ4n) is 2.74. The SMILES string of the molecule is CCCCC(=O)N1CCCC1Cc1ccc(F)cc1. The van der Waals surface area contributed by atoms with Gasteiger partial charge in [0.05, 0.1) is 0 Å². The van der Waals surface area contributed by atoms with Crippen LogP contribution in [0.4, 0.5) is 4.39 Å². The van der Waals surface area contributed by atoms with Crippen molar-refractivity contribution in [2.75, 3.05) is 6.54 Å². The second-order valence-corrected chi connectivity index (χ2v) is 5.32. The van der Waals surface area contributed by atoms with Crippen molar-refractivity contribution in [2.24, 2.45) is 0 Å². The van der Waals surface area contributed by atoms with Gasteiger partial charge in [-0.2, -0.15) is 0 Å². The van der Waals surface area contributed by atoms with Crippen LogP contribution >= 0.6 is 0 Å². The Morgan fingerprint density at radius 2 is 2.11 bits per heavy atom. The van der Waals surface area contributed by atoms with Gasteiger partial charge in [-0.05, 0) is 43.4 Å². The molecule has 0 aliphatic carbocycles. The highest BCUT2D eigenvalue weighted by Gasteiger charge is 2.28. The quantitative estimate of drug-likeness (QED) is 0.795. The molecule has 1 amide bonds. The fourth-order valence-corrected chi connectivity index (χ4v) is 2.74. The number of nitrogens with zero attached hydrogens (tertiary/aromatic N) is 1. The molecular formula is C16H22FNO. The summed E-state index contributed by atoms with van der Waals surface area (Å²) < 4.78 is 12.9. The third kappa shape index (κ3) is 3.79. The van der Waals surface area contributed by atoms with Gasteiger partial charge in [-0.3, -0.25) is 4.79 Å². The Morgan fingerprint density at radius 1 is 1.37 bits per heavy atom. The average Bonchev–Trinajstić information content (AvgIpc) is 2.87. The number of benzene rings is 1. The maximum atomic E-state index is 12.9. The number of amides is 1. The topological polar surface area (TPSA) is 20.3 Å². The van der Waals surface area contributed by atoms with E-state index in [0.29, 0.717) is 12.5 Å². The summed E-state index contributed by atoms with van der Waals surface area (Å²) >= 11 is 0. The monoisotopic (exact) mass is 263 g/mol. The van der Waals surface area contributed by atoms with Gasteiger partial charge in [0.2, 0.25) is 5.91 Å². The number of halogens is 1. The molecule has 1 aromatic carbocycles. The first kappa shape index (κ1) is 14.0.